The van der Waals surface area contributed by atoms with Gasteiger partial charge in [0.1, 0.15) is 12.4 Å². The third-order valence-corrected chi connectivity index (χ3v) is 4.42. The Morgan fingerprint density at radius 2 is 1.73 bits per heavy atom. The van der Waals surface area contributed by atoms with Crippen LogP contribution in [0.2, 0.25) is 0 Å². The molecule has 142 valence electrons. The molecule has 2 rings (SSSR count). The molecule has 0 heterocycles. The zero-order valence-corrected chi connectivity index (χ0v) is 15.9. The molecular weight excluding hydrogens is 331 g/mol. The van der Waals surface area contributed by atoms with Gasteiger partial charge < -0.3 is 19.7 Å². The molecule has 0 aliphatic heterocycles. The smallest absolute Gasteiger partial charge is 0.166 e. The summed E-state index contributed by atoms with van der Waals surface area (Å²) < 4.78 is 25.2. The van der Waals surface area contributed by atoms with Crippen LogP contribution in [0.3, 0.4) is 0 Å². The Bertz CT molecular complexity index is 675. The minimum atomic E-state index is -0.263. The minimum Gasteiger partial charge on any atom is -0.493 e. The van der Waals surface area contributed by atoms with Crippen LogP contribution in [0.15, 0.2) is 42.5 Å². The van der Waals surface area contributed by atoms with E-state index in [1.54, 1.807) is 25.3 Å². The number of ether oxygens (including phenoxy) is 2. The Balaban J connectivity index is 2.01. The van der Waals surface area contributed by atoms with Gasteiger partial charge in [0, 0.05) is 30.8 Å². The Kier molecular flexibility index (Phi) is 8.38. The van der Waals surface area contributed by atoms with Crippen molar-refractivity contribution in [2.24, 2.45) is 0 Å². The number of hydrogen-bond donors (Lipinski definition) is 1. The average molecular weight is 360 g/mol. The number of hydrogen-bond acceptors (Lipinski definition) is 4. The monoisotopic (exact) mass is 360 g/mol. The summed E-state index contributed by atoms with van der Waals surface area (Å²) in [6.45, 7) is 9.17. The fourth-order valence-electron chi connectivity index (χ4n) is 2.79. The molecule has 0 aliphatic rings. The number of nitrogens with one attached hydrogen (secondary N) is 1. The van der Waals surface area contributed by atoms with Crippen LogP contribution in [-0.2, 0) is 13.2 Å². The fraction of sp³-hybridized carbons (Fsp3) is 0.429. The lowest BCUT2D eigenvalue weighted by Crippen LogP contribution is -2.31. The van der Waals surface area contributed by atoms with E-state index in [1.165, 1.54) is 6.07 Å². The van der Waals surface area contributed by atoms with E-state index in [0.29, 0.717) is 23.6 Å². The molecule has 0 amide bonds. The zero-order chi connectivity index (χ0) is 18.8. The maximum absolute atomic E-state index is 13.8. The number of para-hydroxylation sites is 1. The number of rotatable bonds is 11. The van der Waals surface area contributed by atoms with Gasteiger partial charge >= 0.3 is 0 Å². The van der Waals surface area contributed by atoms with Crippen molar-refractivity contribution in [2.75, 3.05) is 33.3 Å². The highest BCUT2D eigenvalue weighted by atomic mass is 19.1. The van der Waals surface area contributed by atoms with Crippen LogP contribution >= 0.6 is 0 Å². The summed E-state index contributed by atoms with van der Waals surface area (Å²) in [7, 11) is 1.61. The van der Waals surface area contributed by atoms with E-state index < -0.39 is 0 Å². The van der Waals surface area contributed by atoms with Crippen LogP contribution in [-0.4, -0.2) is 38.2 Å². The Morgan fingerprint density at radius 1 is 1.00 bits per heavy atom. The van der Waals surface area contributed by atoms with Gasteiger partial charge in [0.05, 0.1) is 7.11 Å². The van der Waals surface area contributed by atoms with E-state index in [2.05, 4.69) is 24.1 Å². The maximum atomic E-state index is 13.8. The normalized spacial score (nSPS) is 11.0. The second-order valence-electron chi connectivity index (χ2n) is 6.03. The topological polar surface area (TPSA) is 33.7 Å². The van der Waals surface area contributed by atoms with E-state index in [1.807, 2.05) is 18.2 Å². The van der Waals surface area contributed by atoms with Gasteiger partial charge in [-0.2, -0.15) is 0 Å². The number of likely N-dealkylation sites (N-methyl/N-ethyl adjacent to an activating group) is 1. The Labute approximate surface area is 155 Å². The summed E-state index contributed by atoms with van der Waals surface area (Å²) in [6, 6.07) is 12.5. The van der Waals surface area contributed by atoms with E-state index in [0.717, 1.165) is 31.7 Å². The molecule has 0 bridgehead atoms. The van der Waals surface area contributed by atoms with Gasteiger partial charge in [0.2, 0.25) is 0 Å². The molecule has 0 spiro atoms. The molecule has 5 heteroatoms. The van der Waals surface area contributed by atoms with Gasteiger partial charge in [-0.05, 0) is 25.2 Å². The standard InChI is InChI=1S/C21H29FN2O2/c1-4-24(5-2)14-13-23-15-17-10-8-12-20(25-3)21(17)26-16-18-9-6-7-11-19(18)22/h6-12,23H,4-5,13-16H2,1-3H3. The largest absolute Gasteiger partial charge is 0.493 e. The Hall–Kier alpha value is -2.11. The van der Waals surface area contributed by atoms with Gasteiger partial charge in [-0.1, -0.05) is 44.2 Å². The van der Waals surface area contributed by atoms with Crippen molar-refractivity contribution < 1.29 is 13.9 Å². The first-order valence-corrected chi connectivity index (χ1v) is 9.14. The molecule has 2 aromatic carbocycles. The lowest BCUT2D eigenvalue weighted by Gasteiger charge is -2.19. The molecule has 0 atom stereocenters. The average Bonchev–Trinajstić information content (AvgIpc) is 2.67. The summed E-state index contributed by atoms with van der Waals surface area (Å²) in [5, 5.41) is 3.45. The van der Waals surface area contributed by atoms with Crippen molar-refractivity contribution in [3.63, 3.8) is 0 Å². The van der Waals surface area contributed by atoms with Crippen molar-refractivity contribution in [1.82, 2.24) is 10.2 Å². The van der Waals surface area contributed by atoms with Crippen LogP contribution < -0.4 is 14.8 Å². The zero-order valence-electron chi connectivity index (χ0n) is 15.9. The highest BCUT2D eigenvalue weighted by molar-refractivity contribution is 5.46. The van der Waals surface area contributed by atoms with Crippen LogP contribution in [0.4, 0.5) is 4.39 Å². The molecule has 1 N–H and O–H groups in total. The SMILES string of the molecule is CCN(CC)CCNCc1cccc(OC)c1OCc1ccccc1F. The maximum Gasteiger partial charge on any atom is 0.166 e. The summed E-state index contributed by atoms with van der Waals surface area (Å²) >= 11 is 0. The molecule has 2 aromatic rings. The second kappa shape index (κ2) is 10.8. The first kappa shape index (κ1) is 20.2. The van der Waals surface area contributed by atoms with E-state index in [4.69, 9.17) is 9.47 Å². The number of halogens is 1. The van der Waals surface area contributed by atoms with Crippen LogP contribution in [0.5, 0.6) is 11.5 Å². The van der Waals surface area contributed by atoms with E-state index in [-0.39, 0.29) is 12.4 Å². The quantitative estimate of drug-likeness (QED) is 0.617. The van der Waals surface area contributed by atoms with Crippen LogP contribution in [0, 0.1) is 5.82 Å². The van der Waals surface area contributed by atoms with Gasteiger partial charge in [0.15, 0.2) is 11.5 Å². The molecule has 0 aliphatic carbocycles. The second-order valence-corrected chi connectivity index (χ2v) is 6.03. The first-order chi connectivity index (χ1) is 12.7. The van der Waals surface area contributed by atoms with Crippen molar-refractivity contribution in [1.29, 1.82) is 0 Å². The Morgan fingerprint density at radius 3 is 2.42 bits per heavy atom. The van der Waals surface area contributed by atoms with Gasteiger partial charge in [-0.15, -0.1) is 0 Å². The lowest BCUT2D eigenvalue weighted by atomic mass is 10.1. The minimum absolute atomic E-state index is 0.166. The van der Waals surface area contributed by atoms with Gasteiger partial charge in [-0.3, -0.25) is 0 Å². The van der Waals surface area contributed by atoms with Crippen LogP contribution in [0.1, 0.15) is 25.0 Å². The molecule has 0 radical (unpaired) electrons. The molecule has 26 heavy (non-hydrogen) atoms. The summed E-state index contributed by atoms with van der Waals surface area (Å²) in [5.41, 5.74) is 1.53. The molecule has 4 nitrogen and oxygen atoms in total. The highest BCUT2D eigenvalue weighted by Gasteiger charge is 2.12. The van der Waals surface area contributed by atoms with Crippen molar-refractivity contribution in [3.05, 3.63) is 59.4 Å². The van der Waals surface area contributed by atoms with Crippen molar-refractivity contribution in [2.45, 2.75) is 27.0 Å². The summed E-state index contributed by atoms with van der Waals surface area (Å²) in [4.78, 5) is 2.37. The number of methoxy groups -OCH3 is 1. The van der Waals surface area contributed by atoms with Crippen molar-refractivity contribution in [3.8, 4) is 11.5 Å². The fourth-order valence-corrected chi connectivity index (χ4v) is 2.79. The molecule has 0 unspecified atom stereocenters. The summed E-state index contributed by atoms with van der Waals surface area (Å²) in [5.74, 6) is 1.05. The highest BCUT2D eigenvalue weighted by Crippen LogP contribution is 2.32. The van der Waals surface area contributed by atoms with Crippen molar-refractivity contribution >= 4 is 0 Å². The van der Waals surface area contributed by atoms with E-state index >= 15 is 0 Å². The predicted octanol–water partition coefficient (Wildman–Crippen LogP) is 3.84. The molecule has 0 saturated carbocycles. The predicted molar refractivity (Wildman–Crippen MR) is 103 cm³/mol. The third-order valence-electron chi connectivity index (χ3n) is 4.42. The first-order valence-electron chi connectivity index (χ1n) is 9.14. The lowest BCUT2D eigenvalue weighted by molar-refractivity contribution is 0.275. The van der Waals surface area contributed by atoms with E-state index in [9.17, 15) is 4.39 Å². The molecule has 0 fully saturated rings. The van der Waals surface area contributed by atoms with Gasteiger partial charge in [0.25, 0.3) is 0 Å². The number of nitrogens with zero attached hydrogens (tertiary/aromatic N) is 1. The molecule has 0 aromatic heterocycles. The third kappa shape index (κ3) is 5.71. The van der Waals surface area contributed by atoms with Crippen LogP contribution in [0.25, 0.3) is 0 Å². The molecule has 0 saturated heterocycles. The number of benzene rings is 2. The summed E-state index contributed by atoms with van der Waals surface area (Å²) in [6.07, 6.45) is 0. The van der Waals surface area contributed by atoms with Gasteiger partial charge in [-0.25, -0.2) is 4.39 Å². The molecular formula is C21H29FN2O2.